The fourth-order valence-corrected chi connectivity index (χ4v) is 3.75. The summed E-state index contributed by atoms with van der Waals surface area (Å²) in [6, 6.07) is 12.4. The predicted octanol–water partition coefficient (Wildman–Crippen LogP) is 2.49. The van der Waals surface area contributed by atoms with E-state index in [2.05, 4.69) is 52.2 Å². The van der Waals surface area contributed by atoms with E-state index >= 15 is 0 Å². The summed E-state index contributed by atoms with van der Waals surface area (Å²) >= 11 is 1.75. The smallest absolute Gasteiger partial charge is 0.364 e. The van der Waals surface area contributed by atoms with Crippen LogP contribution in [0.5, 0.6) is 0 Å². The number of esters is 1. The third kappa shape index (κ3) is 3.30. The summed E-state index contributed by atoms with van der Waals surface area (Å²) in [5.41, 5.74) is 2.42. The van der Waals surface area contributed by atoms with Gasteiger partial charge in [0, 0.05) is 22.0 Å². The lowest BCUT2D eigenvalue weighted by Gasteiger charge is -2.16. The van der Waals surface area contributed by atoms with Gasteiger partial charge in [-0.25, -0.2) is 4.79 Å². The fourth-order valence-electron chi connectivity index (χ4n) is 2.89. The topological polar surface area (TPSA) is 58.7 Å². The first kappa shape index (κ1) is 15.8. The number of thiophene rings is 1. The van der Waals surface area contributed by atoms with Gasteiger partial charge >= 0.3 is 5.97 Å². The van der Waals surface area contributed by atoms with E-state index in [-0.39, 0.29) is 17.9 Å². The molecule has 0 aliphatic rings. The number of hydrogen-bond donors (Lipinski definition) is 2. The number of methoxy groups -OCH3 is 1. The van der Waals surface area contributed by atoms with Crippen LogP contribution in [0, 0.1) is 0 Å². The molecule has 120 valence electrons. The monoisotopic (exact) mass is 329 g/mol. The number of rotatable bonds is 6. The van der Waals surface area contributed by atoms with Crippen molar-refractivity contribution in [3.05, 3.63) is 58.4 Å². The number of carbonyl (C=O) groups is 1. The van der Waals surface area contributed by atoms with Crippen LogP contribution >= 0.6 is 11.3 Å². The molecule has 1 aromatic carbocycles. The molecule has 5 heteroatoms. The van der Waals surface area contributed by atoms with Gasteiger partial charge in [0.1, 0.15) is 0 Å². The third-order valence-corrected chi connectivity index (χ3v) is 5.17. The summed E-state index contributed by atoms with van der Waals surface area (Å²) in [5.74, 6) is 0.0621. The summed E-state index contributed by atoms with van der Waals surface area (Å²) in [6.45, 7) is 2.69. The largest absolute Gasteiger partial charge is 0.465 e. The highest BCUT2D eigenvalue weighted by Crippen LogP contribution is 2.32. The number of nitrogens with one attached hydrogen (secondary N) is 1. The summed E-state index contributed by atoms with van der Waals surface area (Å²) in [7, 11) is 1.43. The van der Waals surface area contributed by atoms with Crippen LogP contribution < -0.4 is 5.32 Å². The lowest BCUT2D eigenvalue weighted by atomic mass is 9.96. The minimum Gasteiger partial charge on any atom is -0.465 e. The number of benzene rings is 1. The molecular weight excluding hydrogens is 308 g/mol. The summed E-state index contributed by atoms with van der Waals surface area (Å²) in [5, 5.41) is 5.39. The number of carbonyl (C=O) groups excluding carboxylic acids is 1. The summed E-state index contributed by atoms with van der Waals surface area (Å²) in [6.07, 6.45) is 2.09. The number of H-pyrrole nitrogens is 1. The Morgan fingerprint density at radius 1 is 1.30 bits per heavy atom. The van der Waals surface area contributed by atoms with Gasteiger partial charge in [0.25, 0.3) is 0 Å². The highest BCUT2D eigenvalue weighted by atomic mass is 32.1. The molecule has 2 aromatic heterocycles. The van der Waals surface area contributed by atoms with Crippen molar-refractivity contribution in [1.29, 1.82) is 0 Å². The molecule has 0 radical (unpaired) electrons. The van der Waals surface area contributed by atoms with Crippen LogP contribution in [0.4, 0.5) is 0 Å². The van der Waals surface area contributed by atoms with E-state index < -0.39 is 0 Å². The van der Waals surface area contributed by atoms with Gasteiger partial charge in [0.05, 0.1) is 19.6 Å². The first-order valence-electron chi connectivity index (χ1n) is 7.71. The Morgan fingerprint density at radius 2 is 2.13 bits per heavy atom. The normalized spacial score (nSPS) is 13.8. The van der Waals surface area contributed by atoms with Gasteiger partial charge in [-0.3, -0.25) is 0 Å². The zero-order valence-corrected chi connectivity index (χ0v) is 14.1. The van der Waals surface area contributed by atoms with Crippen LogP contribution in [0.25, 0.3) is 10.9 Å². The quantitative estimate of drug-likeness (QED) is 0.683. The lowest BCUT2D eigenvalue weighted by molar-refractivity contribution is -0.676. The Bertz CT molecular complexity index is 779. The molecule has 0 spiro atoms. The van der Waals surface area contributed by atoms with Crippen LogP contribution in [-0.2, 0) is 9.53 Å². The van der Waals surface area contributed by atoms with Gasteiger partial charge in [0.2, 0.25) is 0 Å². The molecule has 0 amide bonds. The molecule has 23 heavy (non-hydrogen) atoms. The van der Waals surface area contributed by atoms with Gasteiger partial charge in [-0.05, 0) is 30.0 Å². The second-order valence-corrected chi connectivity index (χ2v) is 6.62. The second-order valence-electron chi connectivity index (χ2n) is 5.64. The van der Waals surface area contributed by atoms with Gasteiger partial charge in [-0.2, -0.15) is 0 Å². The van der Waals surface area contributed by atoms with Crippen LogP contribution in [-0.4, -0.2) is 30.6 Å². The Balaban J connectivity index is 1.89. The molecule has 2 heterocycles. The number of aromatic amines is 1. The van der Waals surface area contributed by atoms with Gasteiger partial charge in [-0.1, -0.05) is 24.3 Å². The molecule has 2 atom stereocenters. The highest BCUT2D eigenvalue weighted by Gasteiger charge is 2.24. The van der Waals surface area contributed by atoms with Crippen molar-refractivity contribution in [3.8, 4) is 0 Å². The second kappa shape index (κ2) is 6.98. The molecule has 3 rings (SSSR count). The van der Waals surface area contributed by atoms with Crippen molar-refractivity contribution in [1.82, 2.24) is 4.98 Å². The Morgan fingerprint density at radius 3 is 2.87 bits per heavy atom. The van der Waals surface area contributed by atoms with E-state index in [4.69, 9.17) is 4.74 Å². The number of fused-ring (bicyclic) bond motifs is 1. The molecule has 0 bridgehead atoms. The molecular formula is C18H21N2O2S+. The van der Waals surface area contributed by atoms with Gasteiger partial charge in [-0.15, -0.1) is 11.3 Å². The number of quaternary nitrogens is 1. The SMILES string of the molecule is COC(=O)[C@@H](C)[NH2+]C[C@H](c1cccs1)c1c[nH]c2ccccc12. The van der Waals surface area contributed by atoms with Crippen LogP contribution in [0.2, 0.25) is 0 Å². The van der Waals surface area contributed by atoms with Gasteiger partial charge in [0.15, 0.2) is 6.04 Å². The zero-order chi connectivity index (χ0) is 16.2. The number of para-hydroxylation sites is 1. The van der Waals surface area contributed by atoms with E-state index in [0.29, 0.717) is 0 Å². The zero-order valence-electron chi connectivity index (χ0n) is 13.3. The molecule has 3 N–H and O–H groups in total. The van der Waals surface area contributed by atoms with Crippen LogP contribution in [0.3, 0.4) is 0 Å². The maximum atomic E-state index is 11.7. The van der Waals surface area contributed by atoms with Crippen LogP contribution in [0.1, 0.15) is 23.3 Å². The molecule has 3 aromatic rings. The fraction of sp³-hybridized carbons (Fsp3) is 0.278. The van der Waals surface area contributed by atoms with Crippen LogP contribution in [0.15, 0.2) is 48.0 Å². The molecule has 0 aliphatic heterocycles. The highest BCUT2D eigenvalue weighted by molar-refractivity contribution is 7.10. The number of hydrogen-bond acceptors (Lipinski definition) is 3. The summed E-state index contributed by atoms with van der Waals surface area (Å²) < 4.78 is 4.82. The maximum Gasteiger partial charge on any atom is 0.364 e. The number of aromatic nitrogens is 1. The van der Waals surface area contributed by atoms with Crippen molar-refractivity contribution in [2.24, 2.45) is 0 Å². The van der Waals surface area contributed by atoms with Crippen molar-refractivity contribution < 1.29 is 14.8 Å². The predicted molar refractivity (Wildman–Crippen MR) is 92.7 cm³/mol. The number of ether oxygens (including phenoxy) is 1. The van der Waals surface area contributed by atoms with Gasteiger partial charge < -0.3 is 15.0 Å². The van der Waals surface area contributed by atoms with Crippen molar-refractivity contribution >= 4 is 28.2 Å². The molecule has 0 unspecified atom stereocenters. The first-order chi connectivity index (χ1) is 11.2. The standard InChI is InChI=1S/C18H20N2O2S/c1-12(18(21)22-2)19-11-15(17-8-5-9-23-17)14-10-20-16-7-4-3-6-13(14)16/h3-10,12,15,19-20H,11H2,1-2H3/p+1/t12-,15+/m1/s1. The van der Waals surface area contributed by atoms with E-state index in [1.807, 2.05) is 13.0 Å². The lowest BCUT2D eigenvalue weighted by Crippen LogP contribution is -2.92. The Hall–Kier alpha value is -2.11. The van der Waals surface area contributed by atoms with Crippen molar-refractivity contribution in [2.75, 3.05) is 13.7 Å². The minimum atomic E-state index is -0.201. The number of nitrogens with two attached hydrogens (primary N) is 1. The molecule has 0 saturated heterocycles. The first-order valence-corrected chi connectivity index (χ1v) is 8.59. The van der Waals surface area contributed by atoms with E-state index in [1.165, 1.54) is 22.9 Å². The average molecular weight is 329 g/mol. The average Bonchev–Trinajstić information content (AvgIpc) is 3.24. The van der Waals surface area contributed by atoms with Crippen molar-refractivity contribution in [2.45, 2.75) is 18.9 Å². The Kier molecular flexibility index (Phi) is 4.79. The molecule has 0 fully saturated rings. The maximum absolute atomic E-state index is 11.7. The molecule has 4 nitrogen and oxygen atoms in total. The minimum absolute atomic E-state index is 0.186. The summed E-state index contributed by atoms with van der Waals surface area (Å²) in [4.78, 5) is 16.3. The van der Waals surface area contributed by atoms with E-state index in [1.54, 1.807) is 11.3 Å². The molecule has 0 saturated carbocycles. The Labute approximate surface area is 139 Å². The van der Waals surface area contributed by atoms with E-state index in [9.17, 15) is 4.79 Å². The third-order valence-electron chi connectivity index (χ3n) is 4.18. The van der Waals surface area contributed by atoms with E-state index in [0.717, 1.165) is 12.1 Å². The molecule has 0 aliphatic carbocycles. The van der Waals surface area contributed by atoms with Crippen molar-refractivity contribution in [3.63, 3.8) is 0 Å².